The summed E-state index contributed by atoms with van der Waals surface area (Å²) in [6, 6.07) is 16.7. The van der Waals surface area contributed by atoms with E-state index in [1.807, 2.05) is 23.7 Å². The second kappa shape index (κ2) is 7.39. The van der Waals surface area contributed by atoms with Crippen molar-refractivity contribution in [1.82, 2.24) is 19.5 Å². The molecule has 5 nitrogen and oxygen atoms in total. The quantitative estimate of drug-likeness (QED) is 0.387. The molecule has 3 heterocycles. The van der Waals surface area contributed by atoms with E-state index in [9.17, 15) is 0 Å². The van der Waals surface area contributed by atoms with E-state index in [-0.39, 0.29) is 0 Å². The number of imidazole rings is 1. The van der Waals surface area contributed by atoms with Gasteiger partial charge in [-0.15, -0.1) is 11.3 Å². The third kappa shape index (κ3) is 3.35. The van der Waals surface area contributed by atoms with E-state index >= 15 is 0 Å². The first-order valence-corrected chi connectivity index (χ1v) is 10.6. The van der Waals surface area contributed by atoms with Gasteiger partial charge in [0, 0.05) is 41.6 Å². The zero-order chi connectivity index (χ0) is 20.7. The molecular weight excluding hydrogens is 390 g/mol. The first-order valence-electron chi connectivity index (χ1n) is 9.75. The van der Waals surface area contributed by atoms with Gasteiger partial charge in [-0.2, -0.15) is 0 Å². The maximum Gasteiger partial charge on any atom is 0.187 e. The lowest BCUT2D eigenvalue weighted by molar-refractivity contribution is 0.959. The highest BCUT2D eigenvalue weighted by atomic mass is 32.1. The fourth-order valence-electron chi connectivity index (χ4n) is 3.61. The highest BCUT2D eigenvalue weighted by Gasteiger charge is 2.13. The van der Waals surface area contributed by atoms with E-state index in [0.29, 0.717) is 0 Å². The first kappa shape index (κ1) is 18.5. The third-order valence-electron chi connectivity index (χ3n) is 5.21. The van der Waals surface area contributed by atoms with Crippen molar-refractivity contribution in [2.75, 3.05) is 5.32 Å². The van der Waals surface area contributed by atoms with E-state index in [1.54, 1.807) is 17.5 Å². The molecule has 0 radical (unpaired) electrons. The van der Waals surface area contributed by atoms with E-state index in [1.165, 1.54) is 5.56 Å². The predicted molar refractivity (Wildman–Crippen MR) is 124 cm³/mol. The molecule has 0 aliphatic heterocycles. The van der Waals surface area contributed by atoms with Gasteiger partial charge in [-0.3, -0.25) is 4.98 Å². The van der Waals surface area contributed by atoms with Crippen LogP contribution in [-0.2, 0) is 7.05 Å². The lowest BCUT2D eigenvalue weighted by Gasteiger charge is -2.08. The average molecular weight is 412 g/mol. The van der Waals surface area contributed by atoms with E-state index < -0.39 is 0 Å². The molecule has 148 valence electrons. The number of anilines is 2. The number of aromatic nitrogens is 4. The molecule has 3 aromatic heterocycles. The summed E-state index contributed by atoms with van der Waals surface area (Å²) in [6.45, 7) is 4.20. The smallest absolute Gasteiger partial charge is 0.187 e. The number of thiazole rings is 1. The van der Waals surface area contributed by atoms with E-state index in [4.69, 9.17) is 9.97 Å². The van der Waals surface area contributed by atoms with Crippen molar-refractivity contribution in [3.8, 4) is 22.6 Å². The monoisotopic (exact) mass is 411 g/mol. The Hall–Kier alpha value is -3.51. The number of hydrogen-bond acceptors (Lipinski definition) is 5. The molecule has 0 amide bonds. The summed E-state index contributed by atoms with van der Waals surface area (Å²) in [7, 11) is 2.07. The van der Waals surface area contributed by atoms with Gasteiger partial charge in [0.2, 0.25) is 0 Å². The Morgan fingerprint density at radius 3 is 2.63 bits per heavy atom. The zero-order valence-electron chi connectivity index (χ0n) is 17.0. The molecule has 0 saturated heterocycles. The fourth-order valence-corrected chi connectivity index (χ4v) is 4.34. The Morgan fingerprint density at radius 2 is 1.83 bits per heavy atom. The molecule has 1 N–H and O–H groups in total. The minimum Gasteiger partial charge on any atom is -0.331 e. The largest absolute Gasteiger partial charge is 0.331 e. The van der Waals surface area contributed by atoms with Gasteiger partial charge in [0.1, 0.15) is 5.82 Å². The number of hydrogen-bond donors (Lipinski definition) is 1. The lowest BCUT2D eigenvalue weighted by Crippen LogP contribution is -1.95. The van der Waals surface area contributed by atoms with Crippen LogP contribution in [0.15, 0.2) is 66.3 Å². The van der Waals surface area contributed by atoms with Crippen LogP contribution in [0.3, 0.4) is 0 Å². The molecule has 5 rings (SSSR count). The number of benzene rings is 2. The standard InChI is InChI=1S/C24H21N5S/c1-15-6-4-7-17(10-15)23-26-20-11-16(2)19(12-22(20)29(23)3)27-24-28-21(14-30-24)18-8-5-9-25-13-18/h4-14H,1-3H3,(H,27,28). The number of nitrogens with zero attached hydrogens (tertiary/aromatic N) is 4. The number of rotatable bonds is 4. The molecule has 2 aromatic carbocycles. The molecule has 0 aliphatic carbocycles. The molecule has 0 aliphatic rings. The molecule has 30 heavy (non-hydrogen) atoms. The van der Waals surface area contributed by atoms with Crippen molar-refractivity contribution in [3.63, 3.8) is 0 Å². The van der Waals surface area contributed by atoms with Crippen LogP contribution in [-0.4, -0.2) is 19.5 Å². The second-order valence-electron chi connectivity index (χ2n) is 7.42. The van der Waals surface area contributed by atoms with Crippen molar-refractivity contribution in [2.45, 2.75) is 13.8 Å². The van der Waals surface area contributed by atoms with Crippen molar-refractivity contribution in [1.29, 1.82) is 0 Å². The van der Waals surface area contributed by atoms with Crippen molar-refractivity contribution < 1.29 is 0 Å². The highest BCUT2D eigenvalue weighted by molar-refractivity contribution is 7.14. The minimum absolute atomic E-state index is 0.859. The lowest BCUT2D eigenvalue weighted by atomic mass is 10.1. The fraction of sp³-hybridized carbons (Fsp3) is 0.125. The zero-order valence-corrected chi connectivity index (χ0v) is 17.9. The van der Waals surface area contributed by atoms with Crippen LogP contribution in [0.1, 0.15) is 11.1 Å². The van der Waals surface area contributed by atoms with Gasteiger partial charge in [-0.25, -0.2) is 9.97 Å². The van der Waals surface area contributed by atoms with Gasteiger partial charge in [-0.05, 0) is 49.7 Å². The van der Waals surface area contributed by atoms with Crippen LogP contribution in [0.25, 0.3) is 33.7 Å². The SMILES string of the molecule is Cc1cccc(-c2nc3cc(C)c(Nc4nc(-c5cccnc5)cs4)cc3n2C)c1. The Kier molecular flexibility index (Phi) is 4.56. The normalized spacial score (nSPS) is 11.2. The average Bonchev–Trinajstić information content (AvgIpc) is 3.34. The second-order valence-corrected chi connectivity index (χ2v) is 8.28. The minimum atomic E-state index is 0.859. The molecule has 5 aromatic rings. The van der Waals surface area contributed by atoms with Crippen molar-refractivity contribution >= 4 is 33.2 Å². The Morgan fingerprint density at radius 1 is 0.967 bits per heavy atom. The first-order chi connectivity index (χ1) is 14.6. The highest BCUT2D eigenvalue weighted by Crippen LogP contribution is 2.32. The Labute approximate surface area is 179 Å². The summed E-state index contributed by atoms with van der Waals surface area (Å²) in [5.74, 6) is 0.971. The molecular formula is C24H21N5S. The number of fused-ring (bicyclic) bond motifs is 1. The molecule has 0 saturated carbocycles. The van der Waals surface area contributed by atoms with Crippen molar-refractivity contribution in [2.24, 2.45) is 7.05 Å². The van der Waals surface area contributed by atoms with Gasteiger partial charge in [0.05, 0.1) is 16.7 Å². The van der Waals surface area contributed by atoms with Gasteiger partial charge in [0.25, 0.3) is 0 Å². The molecule has 6 heteroatoms. The summed E-state index contributed by atoms with van der Waals surface area (Å²) >= 11 is 1.59. The van der Waals surface area contributed by atoms with Gasteiger partial charge >= 0.3 is 0 Å². The maximum atomic E-state index is 4.89. The Balaban J connectivity index is 1.51. The van der Waals surface area contributed by atoms with E-state index in [0.717, 1.165) is 50.1 Å². The number of nitrogens with one attached hydrogen (secondary N) is 1. The summed E-state index contributed by atoms with van der Waals surface area (Å²) in [4.78, 5) is 13.8. The molecule has 0 bridgehead atoms. The summed E-state index contributed by atoms with van der Waals surface area (Å²) in [5, 5.41) is 6.39. The summed E-state index contributed by atoms with van der Waals surface area (Å²) < 4.78 is 2.15. The third-order valence-corrected chi connectivity index (χ3v) is 5.96. The van der Waals surface area contributed by atoms with Crippen LogP contribution in [0.5, 0.6) is 0 Å². The maximum absolute atomic E-state index is 4.89. The van der Waals surface area contributed by atoms with E-state index in [2.05, 4.69) is 72.2 Å². The van der Waals surface area contributed by atoms with Crippen molar-refractivity contribution in [3.05, 3.63) is 77.4 Å². The topological polar surface area (TPSA) is 55.6 Å². The molecule has 0 fully saturated rings. The van der Waals surface area contributed by atoms with Gasteiger partial charge in [-0.1, -0.05) is 23.8 Å². The summed E-state index contributed by atoms with van der Waals surface area (Å²) in [6.07, 6.45) is 3.60. The van der Waals surface area contributed by atoms with Gasteiger partial charge in [0.15, 0.2) is 5.13 Å². The number of aryl methyl sites for hydroxylation is 3. The summed E-state index contributed by atoms with van der Waals surface area (Å²) in [5.41, 5.74) is 8.55. The molecule has 0 unspecified atom stereocenters. The molecule has 0 spiro atoms. The predicted octanol–water partition coefficient (Wildman–Crippen LogP) is 6.12. The van der Waals surface area contributed by atoms with Crippen LogP contribution in [0.2, 0.25) is 0 Å². The molecule has 0 atom stereocenters. The van der Waals surface area contributed by atoms with Crippen LogP contribution >= 0.6 is 11.3 Å². The van der Waals surface area contributed by atoms with Crippen LogP contribution in [0.4, 0.5) is 10.8 Å². The van der Waals surface area contributed by atoms with Gasteiger partial charge < -0.3 is 9.88 Å². The Bertz CT molecular complexity index is 1350. The number of pyridine rings is 1. The van der Waals surface area contributed by atoms with Crippen LogP contribution in [0, 0.1) is 13.8 Å². The van der Waals surface area contributed by atoms with Crippen LogP contribution < -0.4 is 5.32 Å².